The second kappa shape index (κ2) is 19.7. The summed E-state index contributed by atoms with van der Waals surface area (Å²) in [6.07, 6.45) is 15.2. The smallest absolute Gasteiger partial charge is 0.394 e. The quantitative estimate of drug-likeness (QED) is 0.280. The zero-order valence-electron chi connectivity index (χ0n) is 15.8. The van der Waals surface area contributed by atoms with E-state index < -0.39 is 10.4 Å². The van der Waals surface area contributed by atoms with Crippen LogP contribution in [0.25, 0.3) is 0 Å². The van der Waals surface area contributed by atoms with Crippen molar-refractivity contribution in [1.29, 1.82) is 0 Å². The van der Waals surface area contributed by atoms with E-state index in [1.165, 1.54) is 51.4 Å². The van der Waals surface area contributed by atoms with Crippen LogP contribution in [0, 0.1) is 0 Å². The van der Waals surface area contributed by atoms with Crippen LogP contribution in [0.2, 0.25) is 0 Å². The molecule has 5 nitrogen and oxygen atoms in total. The first-order chi connectivity index (χ1) is 12.4. The van der Waals surface area contributed by atoms with Crippen LogP contribution in [0.5, 0.6) is 5.75 Å². The van der Waals surface area contributed by atoms with Crippen molar-refractivity contribution < 1.29 is 22.3 Å². The van der Waals surface area contributed by atoms with Gasteiger partial charge in [0, 0.05) is 0 Å². The average Bonchev–Trinajstić information content (AvgIpc) is 2.61. The number of allylic oxidation sites excluding steroid dienone is 1. The van der Waals surface area contributed by atoms with E-state index in [1.807, 2.05) is 30.3 Å². The third-order valence-electron chi connectivity index (χ3n) is 3.23. The Morgan fingerprint density at radius 2 is 1.42 bits per heavy atom. The summed E-state index contributed by atoms with van der Waals surface area (Å²) in [4.78, 5) is 0. The maximum atomic E-state index is 8.74. The molecule has 0 bridgehead atoms. The molecular weight excluding hydrogens is 352 g/mol. The van der Waals surface area contributed by atoms with Crippen molar-refractivity contribution in [3.63, 3.8) is 0 Å². The van der Waals surface area contributed by atoms with Crippen LogP contribution in [-0.2, 0) is 10.4 Å². The molecule has 6 heteroatoms. The predicted octanol–water partition coefficient (Wildman–Crippen LogP) is 5.91. The summed E-state index contributed by atoms with van der Waals surface area (Å²) in [5, 5.41) is 0. The highest BCUT2D eigenvalue weighted by molar-refractivity contribution is 7.79. The van der Waals surface area contributed by atoms with Crippen LogP contribution in [-0.4, -0.2) is 24.1 Å². The van der Waals surface area contributed by atoms with Gasteiger partial charge >= 0.3 is 10.4 Å². The van der Waals surface area contributed by atoms with Gasteiger partial charge in [0.15, 0.2) is 0 Å². The minimum absolute atomic E-state index is 0.681. The van der Waals surface area contributed by atoms with Gasteiger partial charge in [0.05, 0.1) is 0 Å². The van der Waals surface area contributed by atoms with Gasteiger partial charge in [0.25, 0.3) is 0 Å². The molecule has 0 amide bonds. The molecule has 26 heavy (non-hydrogen) atoms. The van der Waals surface area contributed by atoms with Crippen molar-refractivity contribution in [2.24, 2.45) is 0 Å². The summed E-state index contributed by atoms with van der Waals surface area (Å²) < 4.78 is 37.2. The normalized spacial score (nSPS) is 10.4. The molecular formula is C20H34O5S. The molecule has 1 aromatic carbocycles. The number of hydrogen-bond donors (Lipinski definition) is 2. The van der Waals surface area contributed by atoms with E-state index >= 15 is 0 Å². The van der Waals surface area contributed by atoms with Gasteiger partial charge in [-0.05, 0) is 25.0 Å². The third-order valence-corrected chi connectivity index (χ3v) is 3.23. The molecule has 1 aromatic rings. The largest absolute Gasteiger partial charge is 0.490 e. The molecule has 0 aliphatic carbocycles. The van der Waals surface area contributed by atoms with Crippen LogP contribution < -0.4 is 4.74 Å². The molecule has 0 fully saturated rings. The lowest BCUT2D eigenvalue weighted by Gasteiger charge is -2.01. The van der Waals surface area contributed by atoms with Crippen LogP contribution in [0.4, 0.5) is 0 Å². The molecule has 0 saturated heterocycles. The standard InChI is InChI=1S/C18H28O.C2H4.H2O4S/c1-2-3-4-5-6-7-8-9-10-14-17-19-18-15-12-11-13-16-18;1-2;1-5(2,3)4/h10-16H,2-9,17H2,1H3;1-2H2;(H2,1,2,3,4). The third kappa shape index (κ3) is 27.2. The fourth-order valence-electron chi connectivity index (χ4n) is 2.07. The highest BCUT2D eigenvalue weighted by Crippen LogP contribution is 2.09. The molecule has 2 N–H and O–H groups in total. The molecule has 0 saturated carbocycles. The zero-order valence-corrected chi connectivity index (χ0v) is 16.7. The Morgan fingerprint density at radius 3 is 1.96 bits per heavy atom. The Kier molecular flexibility index (Phi) is 20.1. The molecule has 0 aliphatic rings. The van der Waals surface area contributed by atoms with Crippen LogP contribution in [0.1, 0.15) is 58.3 Å². The minimum atomic E-state index is -4.67. The molecule has 0 aromatic heterocycles. The van der Waals surface area contributed by atoms with Crippen molar-refractivity contribution in [2.75, 3.05) is 6.61 Å². The van der Waals surface area contributed by atoms with Crippen molar-refractivity contribution >= 4 is 10.4 Å². The molecule has 0 spiro atoms. The van der Waals surface area contributed by atoms with Crippen LogP contribution in [0.15, 0.2) is 55.6 Å². The van der Waals surface area contributed by atoms with E-state index in [0.717, 1.165) is 5.75 Å². The van der Waals surface area contributed by atoms with E-state index in [2.05, 4.69) is 32.2 Å². The topological polar surface area (TPSA) is 83.8 Å². The highest BCUT2D eigenvalue weighted by Gasteiger charge is 1.90. The Bertz CT molecular complexity index is 518. The second-order valence-corrected chi connectivity index (χ2v) is 6.35. The van der Waals surface area contributed by atoms with E-state index in [9.17, 15) is 0 Å². The molecule has 1 rings (SSSR count). The maximum absolute atomic E-state index is 8.74. The van der Waals surface area contributed by atoms with Gasteiger partial charge in [0.1, 0.15) is 12.4 Å². The highest BCUT2D eigenvalue weighted by atomic mass is 32.3. The SMILES string of the molecule is C=C.CCCCCCCCCC=CCOc1ccccc1.O=S(=O)(O)O. The second-order valence-electron chi connectivity index (χ2n) is 5.45. The monoisotopic (exact) mass is 386 g/mol. The van der Waals surface area contributed by atoms with Gasteiger partial charge in [-0.2, -0.15) is 8.42 Å². The lowest BCUT2D eigenvalue weighted by atomic mass is 10.1. The number of ether oxygens (including phenoxy) is 1. The van der Waals surface area contributed by atoms with E-state index in [4.69, 9.17) is 22.3 Å². The Hall–Kier alpha value is -1.63. The van der Waals surface area contributed by atoms with Crippen molar-refractivity contribution in [3.8, 4) is 5.75 Å². The number of unbranched alkanes of at least 4 members (excludes halogenated alkanes) is 7. The van der Waals surface area contributed by atoms with E-state index in [0.29, 0.717) is 6.61 Å². The van der Waals surface area contributed by atoms with E-state index in [1.54, 1.807) is 0 Å². The van der Waals surface area contributed by atoms with Crippen LogP contribution >= 0.6 is 0 Å². The summed E-state index contributed by atoms with van der Waals surface area (Å²) >= 11 is 0. The van der Waals surface area contributed by atoms with E-state index in [-0.39, 0.29) is 0 Å². The first-order valence-electron chi connectivity index (χ1n) is 8.96. The first kappa shape index (κ1) is 26.6. The minimum Gasteiger partial charge on any atom is -0.490 e. The Balaban J connectivity index is 0. The summed E-state index contributed by atoms with van der Waals surface area (Å²) in [6, 6.07) is 9.98. The number of para-hydroxylation sites is 1. The van der Waals surface area contributed by atoms with Gasteiger partial charge in [-0.3, -0.25) is 9.11 Å². The van der Waals surface area contributed by atoms with Gasteiger partial charge < -0.3 is 4.74 Å². The van der Waals surface area contributed by atoms with Gasteiger partial charge in [-0.1, -0.05) is 75.8 Å². The number of benzene rings is 1. The molecule has 0 unspecified atom stereocenters. The molecule has 0 radical (unpaired) electrons. The molecule has 0 heterocycles. The lowest BCUT2D eigenvalue weighted by molar-refractivity contribution is 0.362. The fourth-order valence-corrected chi connectivity index (χ4v) is 2.07. The fraction of sp³-hybridized carbons (Fsp3) is 0.500. The summed E-state index contributed by atoms with van der Waals surface area (Å²) in [5.41, 5.74) is 0. The first-order valence-corrected chi connectivity index (χ1v) is 10.4. The molecule has 150 valence electrons. The summed E-state index contributed by atoms with van der Waals surface area (Å²) in [7, 11) is -4.67. The van der Waals surface area contributed by atoms with Crippen molar-refractivity contribution in [1.82, 2.24) is 0 Å². The van der Waals surface area contributed by atoms with Crippen molar-refractivity contribution in [2.45, 2.75) is 58.3 Å². The number of hydrogen-bond acceptors (Lipinski definition) is 3. The van der Waals surface area contributed by atoms with Gasteiger partial charge in [0.2, 0.25) is 0 Å². The van der Waals surface area contributed by atoms with Crippen LogP contribution in [0.3, 0.4) is 0 Å². The Morgan fingerprint density at radius 1 is 0.923 bits per heavy atom. The van der Waals surface area contributed by atoms with Gasteiger partial charge in [-0.25, -0.2) is 0 Å². The summed E-state index contributed by atoms with van der Waals surface area (Å²) in [5.74, 6) is 0.947. The molecule has 0 atom stereocenters. The average molecular weight is 387 g/mol. The lowest BCUT2D eigenvalue weighted by Crippen LogP contribution is -1.92. The zero-order chi connectivity index (χ0) is 20.1. The van der Waals surface area contributed by atoms with Gasteiger partial charge in [-0.15, -0.1) is 13.2 Å². The predicted molar refractivity (Wildman–Crippen MR) is 109 cm³/mol. The number of rotatable bonds is 11. The maximum Gasteiger partial charge on any atom is 0.394 e. The summed E-state index contributed by atoms with van der Waals surface area (Å²) in [6.45, 7) is 8.95. The van der Waals surface area contributed by atoms with Crippen molar-refractivity contribution in [3.05, 3.63) is 55.6 Å². The Labute approximate surface area is 159 Å². The molecule has 0 aliphatic heterocycles.